The smallest absolute Gasteiger partial charge is 0.305 e. The molecule has 0 aliphatic carbocycles. The van der Waals surface area contributed by atoms with Gasteiger partial charge in [0.25, 0.3) is 0 Å². The summed E-state index contributed by atoms with van der Waals surface area (Å²) < 4.78 is 1.19. The fourth-order valence-corrected chi connectivity index (χ4v) is 1.84. The molecule has 1 aromatic carbocycles. The van der Waals surface area contributed by atoms with E-state index in [1.807, 2.05) is 0 Å². The Morgan fingerprint density at radius 3 is 3.13 bits per heavy atom. The van der Waals surface area contributed by atoms with Crippen molar-refractivity contribution in [3.05, 3.63) is 40.0 Å². The van der Waals surface area contributed by atoms with Crippen molar-refractivity contribution >= 4 is 28.2 Å². The minimum Gasteiger partial charge on any atom is -0.305 e. The summed E-state index contributed by atoms with van der Waals surface area (Å²) in [6, 6.07) is 5.29. The van der Waals surface area contributed by atoms with Gasteiger partial charge >= 0.3 is 5.69 Å². The molecule has 0 saturated carbocycles. The third kappa shape index (κ3) is 1.07. The van der Waals surface area contributed by atoms with Crippen LogP contribution in [0, 0.1) is 0 Å². The van der Waals surface area contributed by atoms with Gasteiger partial charge in [-0.2, -0.15) is 9.61 Å². The number of nitrogens with one attached hydrogen (secondary N) is 1. The molecule has 3 rings (SSSR count). The minimum atomic E-state index is -0.322. The van der Waals surface area contributed by atoms with Crippen molar-refractivity contribution in [2.45, 2.75) is 0 Å². The Morgan fingerprint density at radius 1 is 1.40 bits per heavy atom. The fraction of sp³-hybridized carbons (Fsp3) is 0. The van der Waals surface area contributed by atoms with Gasteiger partial charge < -0.3 is 4.98 Å². The molecule has 0 aliphatic rings. The summed E-state index contributed by atoms with van der Waals surface area (Å²) in [5.41, 5.74) is 0.810. The molecular formula is C9H5ClN4O. The van der Waals surface area contributed by atoms with Crippen LogP contribution in [-0.4, -0.2) is 19.6 Å². The highest BCUT2D eigenvalue weighted by Gasteiger charge is 2.08. The maximum Gasteiger partial charge on any atom is 0.348 e. The first-order valence-corrected chi connectivity index (χ1v) is 4.65. The zero-order valence-electron chi connectivity index (χ0n) is 7.44. The molecule has 0 aliphatic heterocycles. The lowest BCUT2D eigenvalue weighted by Gasteiger charge is -2.00. The van der Waals surface area contributed by atoms with Crippen LogP contribution in [0.15, 0.2) is 29.3 Å². The highest BCUT2D eigenvalue weighted by Crippen LogP contribution is 2.23. The first-order chi connectivity index (χ1) is 7.27. The molecule has 1 N–H and O–H groups in total. The normalized spacial score (nSPS) is 11.3. The highest BCUT2D eigenvalue weighted by atomic mass is 35.5. The van der Waals surface area contributed by atoms with Gasteiger partial charge in [-0.1, -0.05) is 17.7 Å². The molecular weight excluding hydrogens is 216 g/mol. The average molecular weight is 221 g/mol. The van der Waals surface area contributed by atoms with Crippen LogP contribution < -0.4 is 5.69 Å². The number of rotatable bonds is 0. The molecule has 74 valence electrons. The molecule has 0 fully saturated rings. The number of halogens is 1. The van der Waals surface area contributed by atoms with E-state index < -0.39 is 0 Å². The Hall–Kier alpha value is -1.88. The van der Waals surface area contributed by atoms with Gasteiger partial charge in [0.2, 0.25) is 0 Å². The third-order valence-electron chi connectivity index (χ3n) is 2.22. The van der Waals surface area contributed by atoms with Gasteiger partial charge in [0.1, 0.15) is 6.33 Å². The number of benzene rings is 1. The number of nitrogens with zero attached hydrogens (tertiary/aromatic N) is 3. The Balaban J connectivity index is 2.74. The van der Waals surface area contributed by atoms with Gasteiger partial charge in [-0.15, -0.1) is 0 Å². The van der Waals surface area contributed by atoms with Gasteiger partial charge in [-0.05, 0) is 12.1 Å². The average Bonchev–Trinajstić information content (AvgIpc) is 2.66. The maximum absolute atomic E-state index is 11.5. The summed E-state index contributed by atoms with van der Waals surface area (Å²) in [4.78, 5) is 18.2. The van der Waals surface area contributed by atoms with Crippen molar-refractivity contribution in [1.82, 2.24) is 19.6 Å². The molecule has 3 aromatic rings. The molecule has 0 spiro atoms. The molecule has 0 amide bonds. The van der Waals surface area contributed by atoms with E-state index in [0.29, 0.717) is 21.6 Å². The molecule has 0 bridgehead atoms. The highest BCUT2D eigenvalue weighted by molar-refractivity contribution is 6.36. The molecule has 0 unspecified atom stereocenters. The number of H-pyrrole nitrogens is 1. The molecule has 0 saturated heterocycles. The topological polar surface area (TPSA) is 63.0 Å². The fourth-order valence-electron chi connectivity index (χ4n) is 1.58. The van der Waals surface area contributed by atoms with Crippen molar-refractivity contribution in [1.29, 1.82) is 0 Å². The summed E-state index contributed by atoms with van der Waals surface area (Å²) in [6.07, 6.45) is 1.33. The number of aromatic amines is 1. The summed E-state index contributed by atoms with van der Waals surface area (Å²) in [5.74, 6) is 0. The van der Waals surface area contributed by atoms with E-state index in [0.717, 1.165) is 0 Å². The molecule has 15 heavy (non-hydrogen) atoms. The molecule has 0 atom stereocenters. The van der Waals surface area contributed by atoms with Crippen LogP contribution >= 0.6 is 11.6 Å². The van der Waals surface area contributed by atoms with E-state index >= 15 is 0 Å². The van der Waals surface area contributed by atoms with E-state index in [9.17, 15) is 4.79 Å². The van der Waals surface area contributed by atoms with Crippen LogP contribution in [0.1, 0.15) is 0 Å². The minimum absolute atomic E-state index is 0.322. The maximum atomic E-state index is 11.5. The van der Waals surface area contributed by atoms with Crippen LogP contribution in [-0.2, 0) is 0 Å². The Labute approximate surface area is 88.3 Å². The number of hydrogen-bond donors (Lipinski definition) is 1. The largest absolute Gasteiger partial charge is 0.348 e. The summed E-state index contributed by atoms with van der Waals surface area (Å²) >= 11 is 6.04. The predicted molar refractivity (Wildman–Crippen MR) is 56.1 cm³/mol. The van der Waals surface area contributed by atoms with E-state index in [1.165, 1.54) is 10.8 Å². The van der Waals surface area contributed by atoms with Crippen molar-refractivity contribution in [2.24, 2.45) is 0 Å². The zero-order valence-corrected chi connectivity index (χ0v) is 8.19. The summed E-state index contributed by atoms with van der Waals surface area (Å²) in [5, 5.41) is 5.06. The van der Waals surface area contributed by atoms with Crippen LogP contribution in [0.4, 0.5) is 0 Å². The van der Waals surface area contributed by atoms with Gasteiger partial charge in [0, 0.05) is 0 Å². The summed E-state index contributed by atoms with van der Waals surface area (Å²) in [7, 11) is 0. The van der Waals surface area contributed by atoms with E-state index in [1.54, 1.807) is 18.2 Å². The lowest BCUT2D eigenvalue weighted by Crippen LogP contribution is -2.17. The number of aromatic nitrogens is 4. The van der Waals surface area contributed by atoms with E-state index in [4.69, 9.17) is 11.6 Å². The van der Waals surface area contributed by atoms with Gasteiger partial charge in [-0.25, -0.2) is 9.78 Å². The van der Waals surface area contributed by atoms with Gasteiger partial charge in [-0.3, -0.25) is 0 Å². The summed E-state index contributed by atoms with van der Waals surface area (Å²) in [6.45, 7) is 0. The van der Waals surface area contributed by atoms with E-state index in [2.05, 4.69) is 15.1 Å². The first kappa shape index (κ1) is 8.43. The zero-order chi connectivity index (χ0) is 10.4. The van der Waals surface area contributed by atoms with E-state index in [-0.39, 0.29) is 5.69 Å². The second kappa shape index (κ2) is 2.80. The Bertz CT molecular complexity index is 715. The van der Waals surface area contributed by atoms with Crippen molar-refractivity contribution in [3.8, 4) is 0 Å². The lowest BCUT2D eigenvalue weighted by atomic mass is 10.2. The monoisotopic (exact) mass is 220 g/mol. The van der Waals surface area contributed by atoms with Crippen LogP contribution in [0.3, 0.4) is 0 Å². The molecule has 6 heteroatoms. The molecule has 0 radical (unpaired) electrons. The number of fused-ring (bicyclic) bond motifs is 3. The van der Waals surface area contributed by atoms with Crippen molar-refractivity contribution in [3.63, 3.8) is 0 Å². The van der Waals surface area contributed by atoms with Crippen LogP contribution in [0.2, 0.25) is 5.02 Å². The van der Waals surface area contributed by atoms with Gasteiger partial charge in [0.05, 0.1) is 15.9 Å². The lowest BCUT2D eigenvalue weighted by molar-refractivity contribution is 0.881. The van der Waals surface area contributed by atoms with Crippen molar-refractivity contribution in [2.75, 3.05) is 0 Å². The molecule has 2 aromatic heterocycles. The molecule has 5 nitrogen and oxygen atoms in total. The first-order valence-electron chi connectivity index (χ1n) is 4.27. The second-order valence-corrected chi connectivity index (χ2v) is 3.50. The quantitative estimate of drug-likeness (QED) is 0.620. The predicted octanol–water partition coefficient (Wildman–Crippen LogP) is 1.22. The van der Waals surface area contributed by atoms with Crippen LogP contribution in [0.5, 0.6) is 0 Å². The van der Waals surface area contributed by atoms with Crippen molar-refractivity contribution < 1.29 is 0 Å². The van der Waals surface area contributed by atoms with Crippen LogP contribution in [0.25, 0.3) is 16.6 Å². The second-order valence-electron chi connectivity index (χ2n) is 3.09. The Morgan fingerprint density at radius 2 is 2.27 bits per heavy atom. The third-order valence-corrected chi connectivity index (χ3v) is 2.53. The Kier molecular flexibility index (Phi) is 1.58. The molecule has 2 heterocycles. The standard InChI is InChI=1S/C9H5ClN4O/c10-5-2-1-3-6-7(5)8-11-4-12-14(8)9(15)13-6/h1-4H,(H,13,15). The SMILES string of the molecule is O=c1[nH]c2cccc(Cl)c2c2ncnn12. The number of hydrogen-bond acceptors (Lipinski definition) is 3. The van der Waals surface area contributed by atoms with Gasteiger partial charge in [0.15, 0.2) is 5.65 Å².